The molecule has 3 heterocycles. The fourth-order valence-corrected chi connectivity index (χ4v) is 4.01. The average molecular weight is 501 g/mol. The zero-order chi connectivity index (χ0) is 25.2. The van der Waals surface area contributed by atoms with Gasteiger partial charge in [0.25, 0.3) is 0 Å². The maximum atomic E-state index is 11.9. The quantitative estimate of drug-likeness (QED) is 0.350. The Bertz CT molecular complexity index is 1470. The predicted molar refractivity (Wildman–Crippen MR) is 129 cm³/mol. The van der Waals surface area contributed by atoms with Gasteiger partial charge in [0.15, 0.2) is 22.9 Å². The molecule has 12 nitrogen and oxygen atoms in total. The Morgan fingerprint density at radius 1 is 1.00 bits per heavy atom. The van der Waals surface area contributed by atoms with Crippen LogP contribution in [0.2, 0.25) is 0 Å². The fourth-order valence-electron chi connectivity index (χ4n) is 3.50. The molecule has 0 saturated carbocycles. The van der Waals surface area contributed by atoms with Gasteiger partial charge < -0.3 is 19.3 Å². The first kappa shape index (κ1) is 24.2. The minimum atomic E-state index is -3.71. The lowest BCUT2D eigenvalue weighted by molar-refractivity contribution is 0.277. The summed E-state index contributed by atoms with van der Waals surface area (Å²) in [5, 5.41) is 9.80. The minimum Gasteiger partial charge on any atom is -0.494 e. The van der Waals surface area contributed by atoms with Crippen molar-refractivity contribution in [3.05, 3.63) is 42.1 Å². The minimum absolute atomic E-state index is 0.0159. The summed E-state index contributed by atoms with van der Waals surface area (Å²) in [4.78, 5) is 18.0. The van der Waals surface area contributed by atoms with Crippen molar-refractivity contribution in [2.24, 2.45) is 0 Å². The standard InChI is InChI=1S/C22H24N6O6S/c1-5-34-17-11-6-8-13(23-17)21-26-20-22(25-19(14(12-29)24-20)27-35(4,30)31)28(21)18-15(32-2)9-7-10-16(18)33-3/h6-11,29H,5,12H2,1-4H3,(H,25,27). The molecule has 0 spiro atoms. The first-order valence-electron chi connectivity index (χ1n) is 10.5. The Morgan fingerprint density at radius 3 is 2.29 bits per heavy atom. The third kappa shape index (κ3) is 4.81. The van der Waals surface area contributed by atoms with Gasteiger partial charge in [0.1, 0.15) is 28.6 Å². The fraction of sp³-hybridized carbons (Fsp3) is 0.273. The van der Waals surface area contributed by atoms with Gasteiger partial charge in [-0.25, -0.2) is 28.4 Å². The lowest BCUT2D eigenvalue weighted by atomic mass is 10.2. The van der Waals surface area contributed by atoms with Gasteiger partial charge in [-0.05, 0) is 25.1 Å². The van der Waals surface area contributed by atoms with Gasteiger partial charge in [0.2, 0.25) is 15.9 Å². The normalized spacial score (nSPS) is 11.5. The topological polar surface area (TPSA) is 151 Å². The molecule has 4 aromatic rings. The molecule has 0 fully saturated rings. The number of imidazole rings is 1. The van der Waals surface area contributed by atoms with Crippen LogP contribution in [-0.4, -0.2) is 65.1 Å². The highest BCUT2D eigenvalue weighted by atomic mass is 32.2. The Hall–Kier alpha value is -3.97. The maximum Gasteiger partial charge on any atom is 0.231 e. The number of ether oxygens (including phenoxy) is 3. The molecule has 1 aromatic carbocycles. The lowest BCUT2D eigenvalue weighted by Gasteiger charge is -2.16. The van der Waals surface area contributed by atoms with Crippen LogP contribution in [0.4, 0.5) is 5.82 Å². The second kappa shape index (κ2) is 9.72. The van der Waals surface area contributed by atoms with Crippen molar-refractivity contribution < 1.29 is 27.7 Å². The van der Waals surface area contributed by atoms with Gasteiger partial charge in [0.05, 0.1) is 33.7 Å². The van der Waals surface area contributed by atoms with Gasteiger partial charge in [-0.1, -0.05) is 12.1 Å². The summed E-state index contributed by atoms with van der Waals surface area (Å²) in [6.45, 7) is 1.72. The number of pyridine rings is 1. The van der Waals surface area contributed by atoms with Gasteiger partial charge in [-0.2, -0.15) is 0 Å². The number of nitrogens with one attached hydrogen (secondary N) is 1. The third-order valence-corrected chi connectivity index (χ3v) is 5.43. The molecule has 0 saturated heterocycles. The molecule has 4 rings (SSSR count). The molecule has 3 aromatic heterocycles. The molecule has 2 N–H and O–H groups in total. The monoisotopic (exact) mass is 500 g/mol. The second-order valence-corrected chi connectivity index (χ2v) is 9.02. The van der Waals surface area contributed by atoms with E-state index in [2.05, 4.69) is 24.7 Å². The van der Waals surface area contributed by atoms with E-state index in [4.69, 9.17) is 14.2 Å². The summed E-state index contributed by atoms with van der Waals surface area (Å²) in [5.41, 5.74) is 1.25. The summed E-state index contributed by atoms with van der Waals surface area (Å²) < 4.78 is 44.5. The summed E-state index contributed by atoms with van der Waals surface area (Å²) in [6.07, 6.45) is 0.981. The second-order valence-electron chi connectivity index (χ2n) is 7.27. The van der Waals surface area contributed by atoms with E-state index in [0.29, 0.717) is 41.2 Å². The van der Waals surface area contributed by atoms with Crippen LogP contribution in [-0.2, 0) is 16.6 Å². The molecule has 0 aliphatic heterocycles. The van der Waals surface area contributed by atoms with E-state index in [9.17, 15) is 13.5 Å². The van der Waals surface area contributed by atoms with Crippen molar-refractivity contribution in [2.75, 3.05) is 31.8 Å². The molecule has 0 bridgehead atoms. The van der Waals surface area contributed by atoms with E-state index < -0.39 is 16.6 Å². The van der Waals surface area contributed by atoms with Gasteiger partial charge >= 0.3 is 0 Å². The molecule has 0 aliphatic rings. The van der Waals surface area contributed by atoms with Crippen LogP contribution in [0.3, 0.4) is 0 Å². The van der Waals surface area contributed by atoms with Crippen molar-refractivity contribution in [3.63, 3.8) is 0 Å². The predicted octanol–water partition coefficient (Wildman–Crippen LogP) is 2.16. The molecule has 0 aliphatic carbocycles. The SMILES string of the molecule is CCOc1cccc(-c2nc3nc(CO)c(NS(C)(=O)=O)nc3n2-c2c(OC)cccc2OC)n1. The molecule has 0 amide bonds. The summed E-state index contributed by atoms with van der Waals surface area (Å²) in [7, 11) is -0.688. The molecular formula is C22H24N6O6S. The molecular weight excluding hydrogens is 476 g/mol. The highest BCUT2D eigenvalue weighted by Gasteiger charge is 2.25. The maximum absolute atomic E-state index is 11.9. The number of sulfonamides is 1. The Balaban J connectivity index is 2.11. The summed E-state index contributed by atoms with van der Waals surface area (Å²) in [6, 6.07) is 10.5. The number of methoxy groups -OCH3 is 2. The van der Waals surface area contributed by atoms with Crippen LogP contribution >= 0.6 is 0 Å². The van der Waals surface area contributed by atoms with Crippen LogP contribution in [0, 0.1) is 0 Å². The van der Waals surface area contributed by atoms with E-state index in [1.54, 1.807) is 41.0 Å². The number of rotatable bonds is 9. The van der Waals surface area contributed by atoms with Crippen LogP contribution in [0.25, 0.3) is 28.5 Å². The van der Waals surface area contributed by atoms with Crippen LogP contribution < -0.4 is 18.9 Å². The molecule has 0 unspecified atom stereocenters. The van der Waals surface area contributed by atoms with E-state index >= 15 is 0 Å². The zero-order valence-electron chi connectivity index (χ0n) is 19.5. The molecule has 184 valence electrons. The van der Waals surface area contributed by atoms with Crippen LogP contribution in [0.1, 0.15) is 12.6 Å². The van der Waals surface area contributed by atoms with Crippen LogP contribution in [0.5, 0.6) is 17.4 Å². The first-order valence-corrected chi connectivity index (χ1v) is 12.4. The first-order chi connectivity index (χ1) is 16.8. The van der Waals surface area contributed by atoms with Crippen molar-refractivity contribution in [1.29, 1.82) is 0 Å². The molecule has 35 heavy (non-hydrogen) atoms. The number of hydrogen-bond acceptors (Lipinski definition) is 10. The number of hydrogen-bond donors (Lipinski definition) is 2. The van der Waals surface area contributed by atoms with Gasteiger partial charge in [-0.15, -0.1) is 0 Å². The number of aliphatic hydroxyl groups excluding tert-OH is 1. The number of aliphatic hydroxyl groups is 1. The van der Waals surface area contributed by atoms with Crippen molar-refractivity contribution in [3.8, 4) is 34.6 Å². The average Bonchev–Trinajstić information content (AvgIpc) is 3.20. The molecule has 0 radical (unpaired) electrons. The third-order valence-electron chi connectivity index (χ3n) is 4.87. The Labute approximate surface area is 201 Å². The van der Waals surface area contributed by atoms with Gasteiger partial charge in [0, 0.05) is 6.07 Å². The zero-order valence-corrected chi connectivity index (χ0v) is 20.3. The van der Waals surface area contributed by atoms with E-state index in [-0.39, 0.29) is 22.8 Å². The largest absolute Gasteiger partial charge is 0.494 e. The number of nitrogens with zero attached hydrogens (tertiary/aromatic N) is 5. The number of aromatic nitrogens is 5. The number of para-hydroxylation sites is 1. The lowest BCUT2D eigenvalue weighted by Crippen LogP contribution is -2.14. The molecule has 13 heteroatoms. The number of fused-ring (bicyclic) bond motifs is 1. The van der Waals surface area contributed by atoms with E-state index in [1.165, 1.54) is 14.2 Å². The highest BCUT2D eigenvalue weighted by molar-refractivity contribution is 7.92. The van der Waals surface area contributed by atoms with Crippen LogP contribution in [0.15, 0.2) is 36.4 Å². The summed E-state index contributed by atoms with van der Waals surface area (Å²) >= 11 is 0. The van der Waals surface area contributed by atoms with Gasteiger partial charge in [-0.3, -0.25) is 9.29 Å². The molecule has 0 atom stereocenters. The summed E-state index contributed by atoms with van der Waals surface area (Å²) in [5.74, 6) is 1.48. The Morgan fingerprint density at radius 2 is 1.69 bits per heavy atom. The number of benzene rings is 1. The van der Waals surface area contributed by atoms with Crippen molar-refractivity contribution in [1.82, 2.24) is 24.5 Å². The number of anilines is 1. The van der Waals surface area contributed by atoms with Crippen molar-refractivity contribution in [2.45, 2.75) is 13.5 Å². The highest BCUT2D eigenvalue weighted by Crippen LogP contribution is 2.38. The Kier molecular flexibility index (Phi) is 6.71. The smallest absolute Gasteiger partial charge is 0.231 e. The van der Waals surface area contributed by atoms with Crippen molar-refractivity contribution >= 4 is 27.1 Å². The van der Waals surface area contributed by atoms with E-state index in [1.807, 2.05) is 6.92 Å². The van der Waals surface area contributed by atoms with E-state index in [0.717, 1.165) is 6.26 Å².